The van der Waals surface area contributed by atoms with E-state index in [0.29, 0.717) is 0 Å². The van der Waals surface area contributed by atoms with Gasteiger partial charge in [-0.3, -0.25) is 0 Å². The van der Waals surface area contributed by atoms with Crippen molar-refractivity contribution in [2.45, 2.75) is 26.4 Å². The summed E-state index contributed by atoms with van der Waals surface area (Å²) < 4.78 is 2.13. The molecule has 2 aromatic rings. The van der Waals surface area contributed by atoms with Crippen molar-refractivity contribution in [3.8, 4) is 0 Å². The van der Waals surface area contributed by atoms with E-state index in [9.17, 15) is 5.11 Å². The summed E-state index contributed by atoms with van der Waals surface area (Å²) in [5, 5.41) is 11.3. The smallest absolute Gasteiger partial charge is 0.0863 e. The second-order valence-corrected chi connectivity index (χ2v) is 4.60. The van der Waals surface area contributed by atoms with Crippen molar-refractivity contribution in [1.82, 2.24) is 4.57 Å². The fourth-order valence-electron chi connectivity index (χ4n) is 2.29. The Labute approximate surface area is 90.2 Å². The molecule has 0 fully saturated rings. The molecule has 0 amide bonds. The number of fused-ring (bicyclic) bond motifs is 1. The number of para-hydroxylation sites is 1. The normalized spacial score (nSPS) is 12.3. The molecule has 0 aliphatic heterocycles. The van der Waals surface area contributed by atoms with Crippen LogP contribution in [0.3, 0.4) is 0 Å². The molecule has 0 saturated heterocycles. The van der Waals surface area contributed by atoms with Gasteiger partial charge in [-0.25, -0.2) is 0 Å². The van der Waals surface area contributed by atoms with Crippen LogP contribution in [0.1, 0.15) is 25.1 Å². The number of hydrogen-bond donors (Lipinski definition) is 1. The maximum atomic E-state index is 10.2. The monoisotopic (exact) mass is 203 g/mol. The van der Waals surface area contributed by atoms with Gasteiger partial charge in [0.15, 0.2) is 0 Å². The number of aliphatic hydroxyl groups is 1. The first-order valence-electron chi connectivity index (χ1n) is 5.20. The third kappa shape index (κ3) is 1.45. The van der Waals surface area contributed by atoms with Gasteiger partial charge in [-0.2, -0.15) is 0 Å². The Balaban J connectivity index is 2.90. The Morgan fingerprint density at radius 1 is 1.20 bits per heavy atom. The van der Waals surface area contributed by atoms with E-state index in [-0.39, 0.29) is 0 Å². The van der Waals surface area contributed by atoms with Crippen LogP contribution in [0.25, 0.3) is 10.9 Å². The van der Waals surface area contributed by atoms with Gasteiger partial charge in [0.2, 0.25) is 0 Å². The first-order valence-corrected chi connectivity index (χ1v) is 5.20. The van der Waals surface area contributed by atoms with Gasteiger partial charge in [0, 0.05) is 29.2 Å². The fraction of sp³-hybridized carbons (Fsp3) is 0.385. The van der Waals surface area contributed by atoms with Crippen LogP contribution in [0.2, 0.25) is 0 Å². The highest BCUT2D eigenvalue weighted by Gasteiger charge is 2.24. The molecule has 0 saturated carbocycles. The van der Waals surface area contributed by atoms with Gasteiger partial charge >= 0.3 is 0 Å². The second-order valence-electron chi connectivity index (χ2n) is 4.60. The van der Waals surface area contributed by atoms with E-state index in [1.54, 1.807) is 0 Å². The van der Waals surface area contributed by atoms with Crippen molar-refractivity contribution in [1.29, 1.82) is 0 Å². The lowest BCUT2D eigenvalue weighted by Crippen LogP contribution is -2.16. The minimum absolute atomic E-state index is 0.787. The van der Waals surface area contributed by atoms with Gasteiger partial charge in [-0.1, -0.05) is 18.2 Å². The summed E-state index contributed by atoms with van der Waals surface area (Å²) in [5.74, 6) is 0. The molecule has 1 aromatic heterocycles. The van der Waals surface area contributed by atoms with Gasteiger partial charge in [0.05, 0.1) is 5.60 Å². The molecule has 2 rings (SSSR count). The molecule has 80 valence electrons. The maximum absolute atomic E-state index is 10.2. The highest BCUT2D eigenvalue weighted by molar-refractivity contribution is 5.86. The maximum Gasteiger partial charge on any atom is 0.0863 e. The largest absolute Gasteiger partial charge is 0.386 e. The van der Waals surface area contributed by atoms with Gasteiger partial charge in [0.25, 0.3) is 0 Å². The van der Waals surface area contributed by atoms with Crippen LogP contribution in [0.15, 0.2) is 24.3 Å². The van der Waals surface area contributed by atoms with Crippen LogP contribution in [0.5, 0.6) is 0 Å². The standard InChI is InChI=1S/C13H17NO/c1-9-12(13(2,3)15)10-7-5-6-8-11(10)14(9)4/h5-8,15H,1-4H3. The Bertz CT molecular complexity index is 503. The minimum atomic E-state index is -0.787. The van der Waals surface area contributed by atoms with Crippen molar-refractivity contribution < 1.29 is 5.11 Å². The highest BCUT2D eigenvalue weighted by Crippen LogP contribution is 2.32. The molecule has 1 N–H and O–H groups in total. The first kappa shape index (κ1) is 10.2. The Morgan fingerprint density at radius 2 is 1.80 bits per heavy atom. The molecule has 0 radical (unpaired) electrons. The summed E-state index contributed by atoms with van der Waals surface area (Å²) in [7, 11) is 2.03. The number of nitrogens with zero attached hydrogens (tertiary/aromatic N) is 1. The number of aromatic nitrogens is 1. The van der Waals surface area contributed by atoms with Crippen LogP contribution in [-0.2, 0) is 12.6 Å². The van der Waals surface area contributed by atoms with Crippen LogP contribution in [0, 0.1) is 6.92 Å². The quantitative estimate of drug-likeness (QED) is 0.757. The van der Waals surface area contributed by atoms with Crippen molar-refractivity contribution in [3.05, 3.63) is 35.5 Å². The fourth-order valence-corrected chi connectivity index (χ4v) is 2.29. The lowest BCUT2D eigenvalue weighted by atomic mass is 9.95. The minimum Gasteiger partial charge on any atom is -0.386 e. The molecule has 1 aromatic carbocycles. The van der Waals surface area contributed by atoms with Crippen molar-refractivity contribution >= 4 is 10.9 Å². The molecular formula is C13H17NO. The van der Waals surface area contributed by atoms with E-state index in [1.165, 1.54) is 5.52 Å². The molecular weight excluding hydrogens is 186 g/mol. The Kier molecular flexibility index (Phi) is 2.12. The SMILES string of the molecule is Cc1c(C(C)(C)O)c2ccccc2n1C. The van der Waals surface area contributed by atoms with Gasteiger partial charge < -0.3 is 9.67 Å². The molecule has 0 spiro atoms. The molecule has 2 nitrogen and oxygen atoms in total. The van der Waals surface area contributed by atoms with Crippen LogP contribution in [0.4, 0.5) is 0 Å². The van der Waals surface area contributed by atoms with Crippen molar-refractivity contribution in [2.75, 3.05) is 0 Å². The van der Waals surface area contributed by atoms with Gasteiger partial charge in [-0.15, -0.1) is 0 Å². The van der Waals surface area contributed by atoms with E-state index in [0.717, 1.165) is 16.6 Å². The van der Waals surface area contributed by atoms with Gasteiger partial charge in [0.1, 0.15) is 0 Å². The van der Waals surface area contributed by atoms with Gasteiger partial charge in [-0.05, 0) is 26.8 Å². The van der Waals surface area contributed by atoms with E-state index < -0.39 is 5.60 Å². The van der Waals surface area contributed by atoms with Crippen molar-refractivity contribution in [3.63, 3.8) is 0 Å². The number of hydrogen-bond acceptors (Lipinski definition) is 1. The summed E-state index contributed by atoms with van der Waals surface area (Å²) in [6, 6.07) is 8.18. The molecule has 0 unspecified atom stereocenters. The summed E-state index contributed by atoms with van der Waals surface area (Å²) in [6.45, 7) is 5.72. The number of rotatable bonds is 1. The number of aryl methyl sites for hydroxylation is 1. The second kappa shape index (κ2) is 3.11. The average Bonchev–Trinajstić information content (AvgIpc) is 2.39. The first-order chi connectivity index (χ1) is 6.93. The predicted octanol–water partition coefficient (Wildman–Crippen LogP) is 2.71. The van der Waals surface area contributed by atoms with E-state index in [2.05, 4.69) is 16.7 Å². The molecule has 0 aliphatic carbocycles. The summed E-state index contributed by atoms with van der Waals surface area (Å²) in [4.78, 5) is 0. The summed E-state index contributed by atoms with van der Waals surface area (Å²) in [5.41, 5.74) is 2.54. The number of benzene rings is 1. The highest BCUT2D eigenvalue weighted by atomic mass is 16.3. The molecule has 0 atom stereocenters. The zero-order valence-electron chi connectivity index (χ0n) is 9.70. The predicted molar refractivity (Wildman–Crippen MR) is 62.9 cm³/mol. The average molecular weight is 203 g/mol. The van der Waals surface area contributed by atoms with E-state index >= 15 is 0 Å². The van der Waals surface area contributed by atoms with E-state index in [1.807, 2.05) is 40.0 Å². The molecule has 1 heterocycles. The summed E-state index contributed by atoms with van der Waals surface area (Å²) >= 11 is 0. The lowest BCUT2D eigenvalue weighted by molar-refractivity contribution is 0.0793. The third-order valence-electron chi connectivity index (χ3n) is 3.01. The van der Waals surface area contributed by atoms with Crippen LogP contribution >= 0.6 is 0 Å². The zero-order valence-corrected chi connectivity index (χ0v) is 9.70. The lowest BCUT2D eigenvalue weighted by Gasteiger charge is -2.18. The summed E-state index contributed by atoms with van der Waals surface area (Å²) in [6.07, 6.45) is 0. The van der Waals surface area contributed by atoms with Crippen LogP contribution < -0.4 is 0 Å². The molecule has 2 heteroatoms. The Hall–Kier alpha value is -1.28. The van der Waals surface area contributed by atoms with E-state index in [4.69, 9.17) is 0 Å². The third-order valence-corrected chi connectivity index (χ3v) is 3.01. The van der Waals surface area contributed by atoms with Crippen LogP contribution in [-0.4, -0.2) is 9.67 Å². The molecule has 15 heavy (non-hydrogen) atoms. The Morgan fingerprint density at radius 3 is 2.40 bits per heavy atom. The zero-order chi connectivity index (χ0) is 11.2. The molecule has 0 aliphatic rings. The topological polar surface area (TPSA) is 25.2 Å². The van der Waals surface area contributed by atoms with Crippen molar-refractivity contribution in [2.24, 2.45) is 7.05 Å². The molecule has 0 bridgehead atoms.